The summed E-state index contributed by atoms with van der Waals surface area (Å²) in [6.07, 6.45) is 0.279. The zero-order valence-electron chi connectivity index (χ0n) is 15.5. The predicted octanol–water partition coefficient (Wildman–Crippen LogP) is 1.78. The first-order valence-corrected chi connectivity index (χ1v) is 11.0. The Morgan fingerprint density at radius 3 is 2.32 bits per heavy atom. The van der Waals surface area contributed by atoms with Crippen molar-refractivity contribution in [2.24, 2.45) is 0 Å². The predicted molar refractivity (Wildman–Crippen MR) is 109 cm³/mol. The molecule has 1 aromatic carbocycles. The molecule has 0 saturated carbocycles. The molecule has 1 aromatic heterocycles. The topological polar surface area (TPSA) is 95.5 Å². The number of halogens is 1. The number of carbonyl (C=O) groups is 1. The lowest BCUT2D eigenvalue weighted by molar-refractivity contribution is -0.130. The first-order chi connectivity index (χ1) is 13.4. The smallest absolute Gasteiger partial charge is 0.232 e. The van der Waals surface area contributed by atoms with Crippen molar-refractivity contribution in [1.29, 1.82) is 0 Å². The van der Waals surface area contributed by atoms with Gasteiger partial charge in [0.25, 0.3) is 0 Å². The number of rotatable bonds is 6. The van der Waals surface area contributed by atoms with Gasteiger partial charge in [0, 0.05) is 31.9 Å². The molecule has 150 valence electrons. The van der Waals surface area contributed by atoms with Crippen LogP contribution in [0.2, 0.25) is 5.15 Å². The van der Waals surface area contributed by atoms with Gasteiger partial charge in [0.15, 0.2) is 11.0 Å². The maximum Gasteiger partial charge on any atom is 0.232 e. The molecule has 1 N–H and O–H groups in total. The number of carbonyl (C=O) groups excluding carboxylic acids is 1. The number of nitrogens with zero attached hydrogens (tertiary/aromatic N) is 4. The molecule has 1 aliphatic rings. The van der Waals surface area contributed by atoms with Crippen LogP contribution in [0.3, 0.4) is 0 Å². The number of aromatic nitrogens is 2. The molecular weight excluding hydrogens is 402 g/mol. The van der Waals surface area contributed by atoms with Gasteiger partial charge in [0.1, 0.15) is 0 Å². The van der Waals surface area contributed by atoms with E-state index >= 15 is 0 Å². The van der Waals surface area contributed by atoms with Crippen molar-refractivity contribution in [3.05, 3.63) is 47.1 Å². The van der Waals surface area contributed by atoms with Crippen molar-refractivity contribution < 1.29 is 13.2 Å². The second kappa shape index (κ2) is 8.74. The fourth-order valence-corrected chi connectivity index (χ4v) is 3.63. The number of anilines is 2. The van der Waals surface area contributed by atoms with Gasteiger partial charge in [0.05, 0.1) is 12.2 Å². The van der Waals surface area contributed by atoms with E-state index in [1.54, 1.807) is 37.3 Å². The van der Waals surface area contributed by atoms with Crippen molar-refractivity contribution in [2.45, 2.75) is 13.3 Å². The number of nitrogens with one attached hydrogen (secondary N) is 1. The molecule has 0 unspecified atom stereocenters. The molecule has 3 rings (SSSR count). The van der Waals surface area contributed by atoms with E-state index in [9.17, 15) is 13.2 Å². The summed E-state index contributed by atoms with van der Waals surface area (Å²) < 4.78 is 25.7. The molecule has 0 spiro atoms. The van der Waals surface area contributed by atoms with Gasteiger partial charge >= 0.3 is 0 Å². The fraction of sp³-hybridized carbons (Fsp3) is 0.389. The van der Waals surface area contributed by atoms with Crippen molar-refractivity contribution in [1.82, 2.24) is 15.1 Å². The number of piperazine rings is 1. The van der Waals surface area contributed by atoms with E-state index in [4.69, 9.17) is 11.6 Å². The minimum Gasteiger partial charge on any atom is -0.352 e. The van der Waals surface area contributed by atoms with E-state index in [2.05, 4.69) is 19.8 Å². The van der Waals surface area contributed by atoms with E-state index in [0.29, 0.717) is 37.0 Å². The Labute approximate surface area is 169 Å². The minimum absolute atomic E-state index is 0.0147. The highest BCUT2D eigenvalue weighted by Gasteiger charge is 2.22. The molecule has 1 amide bonds. The zero-order chi connectivity index (χ0) is 20.1. The van der Waals surface area contributed by atoms with Gasteiger partial charge in [-0.2, -0.15) is 0 Å². The van der Waals surface area contributed by atoms with Crippen LogP contribution in [0, 0.1) is 0 Å². The second-order valence-electron chi connectivity index (χ2n) is 6.46. The van der Waals surface area contributed by atoms with Crippen LogP contribution < -0.4 is 9.62 Å². The summed E-state index contributed by atoms with van der Waals surface area (Å²) in [6, 6.07) is 10.4. The Morgan fingerprint density at radius 1 is 1.07 bits per heavy atom. The quantitative estimate of drug-likeness (QED) is 0.760. The van der Waals surface area contributed by atoms with Crippen LogP contribution in [0.5, 0.6) is 0 Å². The second-order valence-corrected chi connectivity index (χ2v) is 8.86. The van der Waals surface area contributed by atoms with Gasteiger partial charge in [-0.1, -0.05) is 23.7 Å². The van der Waals surface area contributed by atoms with Crippen LogP contribution in [0.4, 0.5) is 11.5 Å². The van der Waals surface area contributed by atoms with Crippen molar-refractivity contribution >= 4 is 39.0 Å². The fourth-order valence-electron chi connectivity index (χ4n) is 2.89. The monoisotopic (exact) mass is 423 g/mol. The van der Waals surface area contributed by atoms with Crippen LogP contribution in [0.15, 0.2) is 36.4 Å². The summed E-state index contributed by atoms with van der Waals surface area (Å²) >= 11 is 5.76. The molecule has 8 nitrogen and oxygen atoms in total. The summed E-state index contributed by atoms with van der Waals surface area (Å²) in [6.45, 7) is 4.16. The number of hydrogen-bond acceptors (Lipinski definition) is 6. The van der Waals surface area contributed by atoms with Gasteiger partial charge < -0.3 is 9.80 Å². The highest BCUT2D eigenvalue weighted by molar-refractivity contribution is 7.92. The van der Waals surface area contributed by atoms with E-state index < -0.39 is 10.0 Å². The Hall–Kier alpha value is -2.39. The first kappa shape index (κ1) is 20.3. The molecule has 1 aliphatic heterocycles. The van der Waals surface area contributed by atoms with Crippen LogP contribution in [-0.2, 0) is 21.2 Å². The molecule has 10 heteroatoms. The van der Waals surface area contributed by atoms with Crippen LogP contribution >= 0.6 is 11.6 Å². The van der Waals surface area contributed by atoms with E-state index in [0.717, 1.165) is 11.4 Å². The molecule has 28 heavy (non-hydrogen) atoms. The first-order valence-electron chi connectivity index (χ1n) is 8.97. The van der Waals surface area contributed by atoms with Gasteiger partial charge in [-0.25, -0.2) is 8.42 Å². The van der Waals surface area contributed by atoms with E-state index in [1.165, 1.54) is 0 Å². The SMILES string of the molecule is CCS(=O)(=O)Nc1ccc(CC(=O)N2CCN(c3ccc(Cl)nn3)CC2)cc1. The third-order valence-corrected chi connectivity index (χ3v) is 6.05. The average molecular weight is 424 g/mol. The molecule has 2 heterocycles. The molecule has 0 bridgehead atoms. The van der Waals surface area contributed by atoms with E-state index in [1.807, 2.05) is 11.0 Å². The molecule has 0 atom stereocenters. The number of benzene rings is 1. The van der Waals surface area contributed by atoms with Gasteiger partial charge in [-0.3, -0.25) is 9.52 Å². The standard InChI is InChI=1S/C18H22ClN5O3S/c1-2-28(26,27)22-15-5-3-14(4-6-15)13-18(25)24-11-9-23(10-12-24)17-8-7-16(19)20-21-17/h3-8,22H,2,9-13H2,1H3. The van der Waals surface area contributed by atoms with E-state index in [-0.39, 0.29) is 18.1 Å². The Kier molecular flexibility index (Phi) is 6.35. The van der Waals surface area contributed by atoms with Crippen molar-refractivity contribution in [3.8, 4) is 0 Å². The Bertz CT molecular complexity index is 911. The zero-order valence-corrected chi connectivity index (χ0v) is 17.1. The normalized spacial score (nSPS) is 14.8. The summed E-state index contributed by atoms with van der Waals surface area (Å²) in [5.41, 5.74) is 1.34. The van der Waals surface area contributed by atoms with Crippen molar-refractivity contribution in [2.75, 3.05) is 41.6 Å². The largest absolute Gasteiger partial charge is 0.352 e. The average Bonchev–Trinajstić information content (AvgIpc) is 2.70. The third kappa shape index (κ3) is 5.32. The molecule has 0 aliphatic carbocycles. The summed E-state index contributed by atoms with van der Waals surface area (Å²) in [4.78, 5) is 16.5. The Balaban J connectivity index is 1.52. The van der Waals surface area contributed by atoms with Crippen LogP contribution in [-0.4, -0.2) is 61.4 Å². The summed E-state index contributed by atoms with van der Waals surface area (Å²) in [7, 11) is -3.30. The number of sulfonamides is 1. The minimum atomic E-state index is -3.30. The van der Waals surface area contributed by atoms with Gasteiger partial charge in [-0.05, 0) is 36.8 Å². The molecule has 2 aromatic rings. The molecule has 0 radical (unpaired) electrons. The highest BCUT2D eigenvalue weighted by Crippen LogP contribution is 2.16. The maximum absolute atomic E-state index is 12.6. The highest BCUT2D eigenvalue weighted by atomic mass is 35.5. The number of hydrogen-bond donors (Lipinski definition) is 1. The number of amides is 1. The Morgan fingerprint density at radius 2 is 1.75 bits per heavy atom. The van der Waals surface area contributed by atoms with Crippen LogP contribution in [0.1, 0.15) is 12.5 Å². The van der Waals surface area contributed by atoms with Gasteiger partial charge in [-0.15, -0.1) is 10.2 Å². The lowest BCUT2D eigenvalue weighted by atomic mass is 10.1. The maximum atomic E-state index is 12.6. The molecule has 1 saturated heterocycles. The third-order valence-electron chi connectivity index (χ3n) is 4.54. The van der Waals surface area contributed by atoms with Gasteiger partial charge in [0.2, 0.25) is 15.9 Å². The molecular formula is C18H22ClN5O3S. The van der Waals surface area contributed by atoms with Crippen LogP contribution in [0.25, 0.3) is 0 Å². The molecule has 1 fully saturated rings. The lowest BCUT2D eigenvalue weighted by Crippen LogP contribution is -2.49. The summed E-state index contributed by atoms with van der Waals surface area (Å²) in [5, 5.41) is 8.27. The van der Waals surface area contributed by atoms with Crippen molar-refractivity contribution in [3.63, 3.8) is 0 Å². The lowest BCUT2D eigenvalue weighted by Gasteiger charge is -2.35. The summed E-state index contributed by atoms with van der Waals surface area (Å²) in [5.74, 6) is 0.811.